The molecule has 0 aliphatic heterocycles. The summed E-state index contributed by atoms with van der Waals surface area (Å²) in [6.45, 7) is 1.92. The first-order chi connectivity index (χ1) is 9.04. The zero-order valence-corrected chi connectivity index (χ0v) is 11.5. The zero-order chi connectivity index (χ0) is 13.6. The summed E-state index contributed by atoms with van der Waals surface area (Å²) in [5, 5.41) is 17.3. The van der Waals surface area contributed by atoms with Gasteiger partial charge in [-0.05, 0) is 19.8 Å². The Kier molecular flexibility index (Phi) is 2.78. The van der Waals surface area contributed by atoms with Crippen molar-refractivity contribution in [2.45, 2.75) is 25.7 Å². The van der Waals surface area contributed by atoms with E-state index in [1.807, 2.05) is 20.2 Å². The summed E-state index contributed by atoms with van der Waals surface area (Å²) in [5.74, 6) is -1.23. The molecule has 2 aromatic heterocycles. The molecule has 2 heterocycles. The Bertz CT molecular complexity index is 646. The van der Waals surface area contributed by atoms with Crippen LogP contribution in [0.5, 0.6) is 0 Å². The maximum Gasteiger partial charge on any atom is 0.312 e. The first-order valence-corrected chi connectivity index (χ1v) is 6.86. The van der Waals surface area contributed by atoms with Crippen LogP contribution in [-0.4, -0.2) is 25.8 Å². The zero-order valence-electron chi connectivity index (χ0n) is 10.7. The number of hydrogen-bond acceptors (Lipinski definition) is 5. The smallest absolute Gasteiger partial charge is 0.312 e. The summed E-state index contributed by atoms with van der Waals surface area (Å²) in [5.41, 5.74) is 2.52. The van der Waals surface area contributed by atoms with Gasteiger partial charge in [-0.3, -0.25) is 9.48 Å². The van der Waals surface area contributed by atoms with Gasteiger partial charge in [0.25, 0.3) is 0 Å². The molecule has 0 saturated heterocycles. The van der Waals surface area contributed by atoms with E-state index in [0.717, 1.165) is 33.5 Å². The van der Waals surface area contributed by atoms with Crippen molar-refractivity contribution in [2.24, 2.45) is 7.05 Å². The average molecular weight is 278 g/mol. The molecule has 1 atom stereocenters. The summed E-state index contributed by atoms with van der Waals surface area (Å²) in [7, 11) is 1.86. The van der Waals surface area contributed by atoms with Crippen LogP contribution in [0.3, 0.4) is 0 Å². The van der Waals surface area contributed by atoms with Gasteiger partial charge in [-0.15, -0.1) is 11.3 Å². The number of aromatic nitrogens is 3. The van der Waals surface area contributed by atoms with Crippen LogP contribution in [0.1, 0.15) is 28.6 Å². The van der Waals surface area contributed by atoms with Crippen molar-refractivity contribution in [3.63, 3.8) is 0 Å². The minimum absolute atomic E-state index is 0.447. The molecule has 6 nitrogen and oxygen atoms in total. The summed E-state index contributed by atoms with van der Waals surface area (Å²) >= 11 is 1.53. The first-order valence-electron chi connectivity index (χ1n) is 6.04. The third-order valence-electron chi connectivity index (χ3n) is 3.27. The van der Waals surface area contributed by atoms with Crippen molar-refractivity contribution in [1.29, 1.82) is 0 Å². The number of aliphatic carboxylic acids is 1. The van der Waals surface area contributed by atoms with Crippen LogP contribution in [0, 0.1) is 6.92 Å². The molecular weight excluding hydrogens is 264 g/mol. The van der Waals surface area contributed by atoms with E-state index in [-0.39, 0.29) is 0 Å². The van der Waals surface area contributed by atoms with Crippen molar-refractivity contribution in [3.05, 3.63) is 22.5 Å². The van der Waals surface area contributed by atoms with E-state index >= 15 is 0 Å². The van der Waals surface area contributed by atoms with E-state index in [9.17, 15) is 4.79 Å². The number of nitrogens with one attached hydrogen (secondary N) is 1. The van der Waals surface area contributed by atoms with Gasteiger partial charge in [0, 0.05) is 18.1 Å². The summed E-state index contributed by atoms with van der Waals surface area (Å²) in [4.78, 5) is 16.6. The molecule has 0 spiro atoms. The van der Waals surface area contributed by atoms with Crippen LogP contribution in [-0.2, 0) is 18.3 Å². The predicted molar refractivity (Wildman–Crippen MR) is 72.0 cm³/mol. The van der Waals surface area contributed by atoms with Gasteiger partial charge in [0.15, 0.2) is 5.13 Å². The summed E-state index contributed by atoms with van der Waals surface area (Å²) < 4.78 is 1.74. The van der Waals surface area contributed by atoms with Gasteiger partial charge >= 0.3 is 5.97 Å². The molecule has 2 aromatic rings. The molecule has 0 saturated carbocycles. The quantitative estimate of drug-likeness (QED) is 0.898. The van der Waals surface area contributed by atoms with E-state index in [1.165, 1.54) is 11.3 Å². The van der Waals surface area contributed by atoms with Gasteiger partial charge in [0.2, 0.25) is 0 Å². The second kappa shape index (κ2) is 4.34. The number of anilines is 2. The molecule has 2 N–H and O–H groups in total. The fraction of sp³-hybridized carbons (Fsp3) is 0.417. The highest BCUT2D eigenvalue weighted by Gasteiger charge is 2.32. The Morgan fingerprint density at radius 1 is 1.63 bits per heavy atom. The second-order valence-corrected chi connectivity index (χ2v) is 5.77. The number of carboxylic acid groups (broad SMARTS) is 1. The number of nitrogens with zero attached hydrogens (tertiary/aromatic N) is 3. The lowest BCUT2D eigenvalue weighted by atomic mass is 10.1. The average Bonchev–Trinajstić information content (AvgIpc) is 2.93. The molecule has 100 valence electrons. The van der Waals surface area contributed by atoms with E-state index in [0.29, 0.717) is 6.42 Å². The van der Waals surface area contributed by atoms with Crippen molar-refractivity contribution >= 4 is 28.1 Å². The molecule has 0 aromatic carbocycles. The van der Waals surface area contributed by atoms with E-state index in [2.05, 4.69) is 15.4 Å². The van der Waals surface area contributed by atoms with Crippen LogP contribution in [0.25, 0.3) is 0 Å². The minimum Gasteiger partial charge on any atom is -0.481 e. The normalized spacial score (nSPS) is 17.5. The van der Waals surface area contributed by atoms with Crippen molar-refractivity contribution in [1.82, 2.24) is 14.8 Å². The molecule has 0 amide bonds. The van der Waals surface area contributed by atoms with E-state index in [4.69, 9.17) is 5.11 Å². The standard InChI is InChI=1S/C12H14N4O2S/c1-6-8(5-16(2)15-6)13-12-14-10-7(11(17)18)3-4-9(10)19-12/h5,7H,3-4H2,1-2H3,(H,13,14)(H,17,18). The highest BCUT2D eigenvalue weighted by Crippen LogP contribution is 2.39. The maximum absolute atomic E-state index is 11.1. The van der Waals surface area contributed by atoms with Crippen LogP contribution in [0.4, 0.5) is 10.8 Å². The Balaban J connectivity index is 1.86. The molecule has 0 bridgehead atoms. The number of aryl methyl sites for hydroxylation is 3. The molecule has 7 heteroatoms. The largest absolute Gasteiger partial charge is 0.481 e. The first kappa shape index (κ1) is 12.2. The molecule has 19 heavy (non-hydrogen) atoms. The fourth-order valence-corrected chi connectivity index (χ4v) is 3.41. The second-order valence-electron chi connectivity index (χ2n) is 4.68. The van der Waals surface area contributed by atoms with Crippen molar-refractivity contribution in [2.75, 3.05) is 5.32 Å². The molecule has 3 rings (SSSR count). The van der Waals surface area contributed by atoms with E-state index < -0.39 is 11.9 Å². The van der Waals surface area contributed by atoms with Gasteiger partial charge in [-0.1, -0.05) is 0 Å². The SMILES string of the molecule is Cc1nn(C)cc1Nc1nc2c(s1)CCC2C(=O)O. The highest BCUT2D eigenvalue weighted by atomic mass is 32.1. The lowest BCUT2D eigenvalue weighted by Crippen LogP contribution is -2.08. The number of thiazole rings is 1. The topological polar surface area (TPSA) is 80.0 Å². The Labute approximate surface area is 114 Å². The van der Waals surface area contributed by atoms with Crippen molar-refractivity contribution in [3.8, 4) is 0 Å². The molecule has 1 aliphatic carbocycles. The van der Waals surface area contributed by atoms with Gasteiger partial charge in [-0.2, -0.15) is 5.10 Å². The molecular formula is C12H14N4O2S. The number of rotatable bonds is 3. The Morgan fingerprint density at radius 2 is 2.42 bits per heavy atom. The van der Waals surface area contributed by atoms with Gasteiger partial charge in [0.1, 0.15) is 5.92 Å². The fourth-order valence-electron chi connectivity index (χ4n) is 2.36. The predicted octanol–water partition coefficient (Wildman–Crippen LogP) is 2.04. The molecule has 1 unspecified atom stereocenters. The van der Waals surface area contributed by atoms with Crippen LogP contribution in [0.2, 0.25) is 0 Å². The lowest BCUT2D eigenvalue weighted by Gasteiger charge is -2.02. The van der Waals surface area contributed by atoms with Gasteiger partial charge < -0.3 is 10.4 Å². The molecule has 0 radical (unpaired) electrons. The molecule has 1 aliphatic rings. The number of carboxylic acids is 1. The monoisotopic (exact) mass is 278 g/mol. The Morgan fingerprint density at radius 3 is 3.05 bits per heavy atom. The number of carbonyl (C=O) groups is 1. The van der Waals surface area contributed by atoms with Gasteiger partial charge in [-0.25, -0.2) is 4.98 Å². The van der Waals surface area contributed by atoms with Crippen LogP contribution < -0.4 is 5.32 Å². The van der Waals surface area contributed by atoms with Crippen molar-refractivity contribution < 1.29 is 9.90 Å². The summed E-state index contributed by atoms with van der Waals surface area (Å²) in [6, 6.07) is 0. The Hall–Kier alpha value is -1.89. The molecule has 0 fully saturated rings. The van der Waals surface area contributed by atoms with Crippen LogP contribution in [0.15, 0.2) is 6.20 Å². The maximum atomic E-state index is 11.1. The third kappa shape index (κ3) is 2.10. The third-order valence-corrected chi connectivity index (χ3v) is 4.32. The minimum atomic E-state index is -0.784. The number of fused-ring (bicyclic) bond motifs is 1. The lowest BCUT2D eigenvalue weighted by molar-refractivity contribution is -0.138. The van der Waals surface area contributed by atoms with Gasteiger partial charge in [0.05, 0.1) is 17.1 Å². The number of hydrogen-bond donors (Lipinski definition) is 2. The highest BCUT2D eigenvalue weighted by molar-refractivity contribution is 7.15. The van der Waals surface area contributed by atoms with E-state index in [1.54, 1.807) is 4.68 Å². The van der Waals surface area contributed by atoms with Crippen LogP contribution >= 0.6 is 11.3 Å². The summed E-state index contributed by atoms with van der Waals surface area (Å²) in [6.07, 6.45) is 3.35.